The number of hydrogen-bond acceptors (Lipinski definition) is 5. The Labute approximate surface area is 151 Å². The van der Waals surface area contributed by atoms with Crippen LogP contribution in [-0.2, 0) is 4.79 Å². The lowest BCUT2D eigenvalue weighted by molar-refractivity contribution is -0.123. The second kappa shape index (κ2) is 8.01. The van der Waals surface area contributed by atoms with Crippen molar-refractivity contribution in [1.29, 1.82) is 0 Å². The highest BCUT2D eigenvalue weighted by molar-refractivity contribution is 5.93. The van der Waals surface area contributed by atoms with Gasteiger partial charge in [0.05, 0.1) is 11.6 Å². The molecule has 0 saturated carbocycles. The maximum atomic E-state index is 12.2. The van der Waals surface area contributed by atoms with Crippen LogP contribution in [0.1, 0.15) is 23.3 Å². The Morgan fingerprint density at radius 3 is 2.85 bits per heavy atom. The summed E-state index contributed by atoms with van der Waals surface area (Å²) >= 11 is 0. The van der Waals surface area contributed by atoms with Crippen molar-refractivity contribution in [3.05, 3.63) is 36.0 Å². The lowest BCUT2D eigenvalue weighted by Crippen LogP contribution is -2.44. The summed E-state index contributed by atoms with van der Waals surface area (Å²) < 4.78 is 0. The first kappa shape index (κ1) is 17.9. The van der Waals surface area contributed by atoms with Crippen molar-refractivity contribution in [3.63, 3.8) is 0 Å². The number of aromatic hydroxyl groups is 1. The van der Waals surface area contributed by atoms with E-state index in [0.29, 0.717) is 31.0 Å². The molecule has 3 rings (SSSR count). The average Bonchev–Trinajstić information content (AvgIpc) is 3.13. The third-order valence-electron chi connectivity index (χ3n) is 4.61. The molecule has 0 radical (unpaired) electrons. The van der Waals surface area contributed by atoms with Crippen LogP contribution in [-0.4, -0.2) is 58.2 Å². The smallest absolute Gasteiger partial charge is 0.269 e. The molecule has 0 aliphatic carbocycles. The van der Waals surface area contributed by atoms with Gasteiger partial charge in [0.15, 0.2) is 0 Å². The first-order valence-corrected chi connectivity index (χ1v) is 8.67. The molecule has 138 valence electrons. The zero-order valence-corrected chi connectivity index (χ0v) is 14.4. The number of piperidine rings is 1. The van der Waals surface area contributed by atoms with Gasteiger partial charge in [0.1, 0.15) is 11.4 Å². The number of aromatic nitrogens is 2. The van der Waals surface area contributed by atoms with Crippen molar-refractivity contribution in [3.8, 4) is 17.0 Å². The molecule has 0 unspecified atom stereocenters. The molecule has 2 heterocycles. The van der Waals surface area contributed by atoms with E-state index in [2.05, 4.69) is 20.4 Å². The van der Waals surface area contributed by atoms with E-state index in [-0.39, 0.29) is 23.5 Å². The highest BCUT2D eigenvalue weighted by atomic mass is 16.3. The fraction of sp³-hybridized carbons (Fsp3) is 0.389. The van der Waals surface area contributed by atoms with Gasteiger partial charge in [-0.1, -0.05) is 0 Å². The third kappa shape index (κ3) is 4.40. The van der Waals surface area contributed by atoms with E-state index in [0.717, 1.165) is 24.9 Å². The van der Waals surface area contributed by atoms with Gasteiger partial charge in [-0.2, -0.15) is 5.10 Å². The zero-order valence-electron chi connectivity index (χ0n) is 14.4. The van der Waals surface area contributed by atoms with Crippen molar-refractivity contribution in [2.75, 3.05) is 26.2 Å². The summed E-state index contributed by atoms with van der Waals surface area (Å²) in [6.07, 6.45) is 1.78. The highest BCUT2D eigenvalue weighted by Crippen LogP contribution is 2.20. The molecule has 1 fully saturated rings. The van der Waals surface area contributed by atoms with Gasteiger partial charge in [0.25, 0.3) is 5.91 Å². The van der Waals surface area contributed by atoms with Gasteiger partial charge in [-0.3, -0.25) is 14.7 Å². The largest absolute Gasteiger partial charge is 0.508 e. The molecule has 1 aromatic carbocycles. The van der Waals surface area contributed by atoms with Crippen LogP contribution >= 0.6 is 0 Å². The van der Waals surface area contributed by atoms with Crippen molar-refractivity contribution >= 4 is 11.8 Å². The normalized spacial score (nSPS) is 17.8. The first-order valence-electron chi connectivity index (χ1n) is 8.67. The van der Waals surface area contributed by atoms with Crippen LogP contribution in [0.15, 0.2) is 30.3 Å². The molecule has 8 nitrogen and oxygen atoms in total. The van der Waals surface area contributed by atoms with Gasteiger partial charge in [-0.05, 0) is 49.7 Å². The number of amides is 2. The SMILES string of the molecule is NC(=O)[C@H]1CCCN(CCNC(=O)c2cc(-c3ccc(O)cc3)n[nH]2)C1. The van der Waals surface area contributed by atoms with Gasteiger partial charge in [0.2, 0.25) is 5.91 Å². The van der Waals surface area contributed by atoms with E-state index in [4.69, 9.17) is 5.73 Å². The van der Waals surface area contributed by atoms with E-state index in [9.17, 15) is 14.7 Å². The number of nitrogens with one attached hydrogen (secondary N) is 2. The number of aromatic amines is 1. The number of phenols is 1. The van der Waals surface area contributed by atoms with Gasteiger partial charge < -0.3 is 21.1 Å². The quantitative estimate of drug-likeness (QED) is 0.606. The third-order valence-corrected chi connectivity index (χ3v) is 4.61. The molecule has 1 saturated heterocycles. The summed E-state index contributed by atoms with van der Waals surface area (Å²) in [7, 11) is 0. The number of nitrogens with two attached hydrogens (primary N) is 1. The molecule has 2 aromatic rings. The second-order valence-electron chi connectivity index (χ2n) is 6.51. The summed E-state index contributed by atoms with van der Waals surface area (Å²) in [4.78, 5) is 25.7. The molecule has 26 heavy (non-hydrogen) atoms. The summed E-state index contributed by atoms with van der Waals surface area (Å²) in [5, 5.41) is 19.0. The lowest BCUT2D eigenvalue weighted by Gasteiger charge is -2.30. The molecular weight excluding hydrogens is 334 g/mol. The number of H-pyrrole nitrogens is 1. The Hall–Kier alpha value is -2.87. The molecule has 5 N–H and O–H groups in total. The van der Waals surface area contributed by atoms with Crippen molar-refractivity contribution in [2.24, 2.45) is 11.7 Å². The lowest BCUT2D eigenvalue weighted by atomic mass is 9.97. The predicted molar refractivity (Wildman–Crippen MR) is 96.4 cm³/mol. The van der Waals surface area contributed by atoms with Crippen LogP contribution in [0.4, 0.5) is 0 Å². The maximum Gasteiger partial charge on any atom is 0.269 e. The minimum Gasteiger partial charge on any atom is -0.508 e. The van der Waals surface area contributed by atoms with Crippen LogP contribution in [0.5, 0.6) is 5.75 Å². The standard InChI is InChI=1S/C18H23N5O3/c19-17(25)13-2-1-8-23(11-13)9-7-20-18(26)16-10-15(21-22-16)12-3-5-14(24)6-4-12/h3-6,10,13,24H,1-2,7-9,11H2,(H2,19,25)(H,20,26)(H,21,22)/t13-/m0/s1. The van der Waals surface area contributed by atoms with E-state index < -0.39 is 0 Å². The number of primary amides is 1. The Morgan fingerprint density at radius 1 is 1.35 bits per heavy atom. The number of likely N-dealkylation sites (tertiary alicyclic amines) is 1. The van der Waals surface area contributed by atoms with E-state index >= 15 is 0 Å². The van der Waals surface area contributed by atoms with Crippen LogP contribution in [0.2, 0.25) is 0 Å². The Bertz CT molecular complexity index is 771. The van der Waals surface area contributed by atoms with Crippen LogP contribution < -0.4 is 11.1 Å². The number of benzene rings is 1. The minimum absolute atomic E-state index is 0.0973. The monoisotopic (exact) mass is 357 g/mol. The summed E-state index contributed by atoms with van der Waals surface area (Å²) in [5.41, 5.74) is 7.20. The summed E-state index contributed by atoms with van der Waals surface area (Å²) in [6, 6.07) is 8.28. The number of carbonyl (C=O) groups is 2. The molecule has 1 aromatic heterocycles. The molecular formula is C18H23N5O3. The van der Waals surface area contributed by atoms with E-state index in [1.165, 1.54) is 0 Å². The number of carbonyl (C=O) groups excluding carboxylic acids is 2. The van der Waals surface area contributed by atoms with Gasteiger partial charge in [0, 0.05) is 25.2 Å². The first-order chi connectivity index (χ1) is 12.5. The molecule has 1 atom stereocenters. The Kier molecular flexibility index (Phi) is 5.52. The maximum absolute atomic E-state index is 12.2. The van der Waals surface area contributed by atoms with E-state index in [1.54, 1.807) is 30.3 Å². The number of phenolic OH excluding ortho intramolecular Hbond substituents is 1. The molecule has 0 bridgehead atoms. The zero-order chi connectivity index (χ0) is 18.5. The number of rotatable bonds is 6. The topological polar surface area (TPSA) is 124 Å². The molecule has 2 amide bonds. The Balaban J connectivity index is 1.49. The molecule has 1 aliphatic heterocycles. The number of hydrogen-bond donors (Lipinski definition) is 4. The van der Waals surface area contributed by atoms with Crippen LogP contribution in [0.3, 0.4) is 0 Å². The van der Waals surface area contributed by atoms with Crippen LogP contribution in [0, 0.1) is 5.92 Å². The van der Waals surface area contributed by atoms with E-state index in [1.807, 2.05) is 0 Å². The minimum atomic E-state index is -0.252. The fourth-order valence-corrected chi connectivity index (χ4v) is 3.13. The molecule has 1 aliphatic rings. The van der Waals surface area contributed by atoms with Gasteiger partial charge in [-0.15, -0.1) is 0 Å². The van der Waals surface area contributed by atoms with Crippen molar-refractivity contribution < 1.29 is 14.7 Å². The average molecular weight is 357 g/mol. The van der Waals surface area contributed by atoms with Gasteiger partial charge >= 0.3 is 0 Å². The second-order valence-corrected chi connectivity index (χ2v) is 6.51. The molecule has 0 spiro atoms. The van der Waals surface area contributed by atoms with Gasteiger partial charge in [-0.25, -0.2) is 0 Å². The predicted octanol–water partition coefficient (Wildman–Crippen LogP) is 0.709. The Morgan fingerprint density at radius 2 is 2.12 bits per heavy atom. The van der Waals surface area contributed by atoms with Crippen molar-refractivity contribution in [2.45, 2.75) is 12.8 Å². The number of nitrogens with zero attached hydrogens (tertiary/aromatic N) is 2. The fourth-order valence-electron chi connectivity index (χ4n) is 3.13. The highest BCUT2D eigenvalue weighted by Gasteiger charge is 2.23. The molecule has 8 heteroatoms. The summed E-state index contributed by atoms with van der Waals surface area (Å²) in [5.74, 6) is -0.401. The summed E-state index contributed by atoms with van der Waals surface area (Å²) in [6.45, 7) is 2.72. The van der Waals surface area contributed by atoms with Crippen molar-refractivity contribution in [1.82, 2.24) is 20.4 Å². The van der Waals surface area contributed by atoms with Crippen LogP contribution in [0.25, 0.3) is 11.3 Å².